The van der Waals surface area contributed by atoms with Gasteiger partial charge in [-0.2, -0.15) is 0 Å². The van der Waals surface area contributed by atoms with Crippen LogP contribution >= 0.6 is 23.2 Å². The molecule has 0 aliphatic rings. The van der Waals surface area contributed by atoms with Crippen LogP contribution in [0.25, 0.3) is 0 Å². The number of pyridine rings is 1. The zero-order chi connectivity index (χ0) is 14.4. The summed E-state index contributed by atoms with van der Waals surface area (Å²) in [7, 11) is 0. The van der Waals surface area contributed by atoms with E-state index in [4.69, 9.17) is 23.2 Å². The number of hydrogen-bond donors (Lipinski definition) is 2. The third kappa shape index (κ3) is 4.49. The Kier molecular flexibility index (Phi) is 5.35. The van der Waals surface area contributed by atoms with E-state index in [1.807, 2.05) is 12.1 Å². The first kappa shape index (κ1) is 14.8. The van der Waals surface area contributed by atoms with Crippen LogP contribution in [0.3, 0.4) is 0 Å². The number of nitrogens with zero attached hydrogens (tertiary/aromatic N) is 1. The summed E-state index contributed by atoms with van der Waals surface area (Å²) in [4.78, 5) is 15.7. The molecular weight excluding hydrogens is 297 g/mol. The van der Waals surface area contributed by atoms with Gasteiger partial charge in [-0.3, -0.25) is 9.78 Å². The van der Waals surface area contributed by atoms with Gasteiger partial charge in [0.05, 0.1) is 17.3 Å². The van der Waals surface area contributed by atoms with E-state index < -0.39 is 0 Å². The lowest BCUT2D eigenvalue weighted by atomic mass is 10.3. The Morgan fingerprint density at radius 2 is 1.90 bits per heavy atom. The van der Waals surface area contributed by atoms with Crippen molar-refractivity contribution in [3.05, 3.63) is 58.3 Å². The third-order valence-corrected chi connectivity index (χ3v) is 3.12. The largest absolute Gasteiger partial charge is 0.324 e. The van der Waals surface area contributed by atoms with Crippen LogP contribution in [0.15, 0.2) is 42.7 Å². The SMILES string of the molecule is O=C(CNCc1ccncc1)Nc1ccc(Cl)cc1Cl. The molecule has 0 fully saturated rings. The molecule has 2 N–H and O–H groups in total. The number of nitrogens with one attached hydrogen (secondary N) is 2. The Hall–Kier alpha value is -1.62. The number of benzene rings is 1. The van der Waals surface area contributed by atoms with Gasteiger partial charge in [0.25, 0.3) is 0 Å². The maximum atomic E-state index is 11.8. The number of halogens is 2. The molecule has 0 saturated carbocycles. The minimum atomic E-state index is -0.164. The van der Waals surface area contributed by atoms with Crippen LogP contribution in [-0.2, 0) is 11.3 Å². The molecule has 1 amide bonds. The monoisotopic (exact) mass is 309 g/mol. The van der Waals surface area contributed by atoms with Gasteiger partial charge in [-0.1, -0.05) is 23.2 Å². The molecule has 4 nitrogen and oxygen atoms in total. The predicted octanol–water partition coefficient (Wildman–Crippen LogP) is 3.12. The lowest BCUT2D eigenvalue weighted by molar-refractivity contribution is -0.115. The summed E-state index contributed by atoms with van der Waals surface area (Å²) >= 11 is 11.8. The van der Waals surface area contributed by atoms with E-state index in [-0.39, 0.29) is 12.5 Å². The number of aromatic nitrogens is 1. The van der Waals surface area contributed by atoms with Gasteiger partial charge in [0.1, 0.15) is 0 Å². The van der Waals surface area contributed by atoms with E-state index >= 15 is 0 Å². The summed E-state index contributed by atoms with van der Waals surface area (Å²) in [6.07, 6.45) is 3.43. The Labute approximate surface area is 127 Å². The molecule has 2 aromatic rings. The summed E-state index contributed by atoms with van der Waals surface area (Å²) < 4.78 is 0. The molecule has 0 radical (unpaired) electrons. The fourth-order valence-corrected chi connectivity index (χ4v) is 2.06. The highest BCUT2D eigenvalue weighted by Gasteiger charge is 2.06. The first-order valence-corrected chi connectivity index (χ1v) is 6.75. The fourth-order valence-electron chi connectivity index (χ4n) is 1.61. The molecule has 0 unspecified atom stereocenters. The molecule has 1 aromatic carbocycles. The quantitative estimate of drug-likeness (QED) is 0.892. The van der Waals surface area contributed by atoms with Crippen molar-refractivity contribution in [1.82, 2.24) is 10.3 Å². The van der Waals surface area contributed by atoms with Crippen LogP contribution in [0.2, 0.25) is 10.0 Å². The molecule has 1 aromatic heterocycles. The maximum absolute atomic E-state index is 11.8. The van der Waals surface area contributed by atoms with Crippen molar-refractivity contribution in [3.63, 3.8) is 0 Å². The number of amides is 1. The fraction of sp³-hybridized carbons (Fsp3) is 0.143. The zero-order valence-corrected chi connectivity index (χ0v) is 12.1. The summed E-state index contributed by atoms with van der Waals surface area (Å²) in [5, 5.41) is 6.71. The standard InChI is InChI=1S/C14H13Cl2N3O/c15-11-1-2-13(12(16)7-11)19-14(20)9-18-8-10-3-5-17-6-4-10/h1-7,18H,8-9H2,(H,19,20). The van der Waals surface area contributed by atoms with Gasteiger partial charge in [0.15, 0.2) is 0 Å². The lowest BCUT2D eigenvalue weighted by Gasteiger charge is -2.08. The van der Waals surface area contributed by atoms with Gasteiger partial charge in [-0.25, -0.2) is 0 Å². The van der Waals surface area contributed by atoms with Gasteiger partial charge < -0.3 is 10.6 Å². The Morgan fingerprint density at radius 3 is 2.60 bits per heavy atom. The highest BCUT2D eigenvalue weighted by molar-refractivity contribution is 6.36. The smallest absolute Gasteiger partial charge is 0.238 e. The van der Waals surface area contributed by atoms with E-state index in [9.17, 15) is 4.79 Å². The highest BCUT2D eigenvalue weighted by atomic mass is 35.5. The van der Waals surface area contributed by atoms with Crippen LogP contribution in [0.5, 0.6) is 0 Å². The van der Waals surface area contributed by atoms with Crippen molar-refractivity contribution < 1.29 is 4.79 Å². The molecule has 0 atom stereocenters. The van der Waals surface area contributed by atoms with E-state index in [0.29, 0.717) is 22.3 Å². The molecule has 104 valence electrons. The summed E-state index contributed by atoms with van der Waals surface area (Å²) in [5.74, 6) is -0.164. The molecule has 0 bridgehead atoms. The maximum Gasteiger partial charge on any atom is 0.238 e. The average molecular weight is 310 g/mol. The molecular formula is C14H13Cl2N3O. The van der Waals surface area contributed by atoms with Gasteiger partial charge in [0.2, 0.25) is 5.91 Å². The Morgan fingerprint density at radius 1 is 1.15 bits per heavy atom. The van der Waals surface area contributed by atoms with Gasteiger partial charge in [0, 0.05) is 24.0 Å². The minimum absolute atomic E-state index is 0.164. The summed E-state index contributed by atoms with van der Waals surface area (Å²) in [6, 6.07) is 8.71. The number of anilines is 1. The van der Waals surface area contributed by atoms with Gasteiger partial charge in [-0.05, 0) is 35.9 Å². The Bertz CT molecular complexity index is 590. The topological polar surface area (TPSA) is 54.0 Å². The molecule has 6 heteroatoms. The number of rotatable bonds is 5. The van der Waals surface area contributed by atoms with Crippen molar-refractivity contribution in [2.45, 2.75) is 6.54 Å². The minimum Gasteiger partial charge on any atom is -0.324 e. The second-order valence-corrected chi connectivity index (χ2v) is 4.97. The molecule has 0 aliphatic carbocycles. The average Bonchev–Trinajstić information content (AvgIpc) is 2.43. The normalized spacial score (nSPS) is 10.3. The number of carbonyl (C=O) groups excluding carboxylic acids is 1. The van der Waals surface area contributed by atoms with Crippen LogP contribution < -0.4 is 10.6 Å². The highest BCUT2D eigenvalue weighted by Crippen LogP contribution is 2.25. The molecule has 0 saturated heterocycles. The third-order valence-electron chi connectivity index (χ3n) is 2.57. The van der Waals surface area contributed by atoms with Crippen molar-refractivity contribution >= 4 is 34.8 Å². The van der Waals surface area contributed by atoms with Crippen LogP contribution in [-0.4, -0.2) is 17.4 Å². The van der Waals surface area contributed by atoms with Crippen molar-refractivity contribution in [3.8, 4) is 0 Å². The van der Waals surface area contributed by atoms with E-state index in [1.54, 1.807) is 30.6 Å². The molecule has 1 heterocycles. The second kappa shape index (κ2) is 7.24. The van der Waals surface area contributed by atoms with Crippen LogP contribution in [0.4, 0.5) is 5.69 Å². The summed E-state index contributed by atoms with van der Waals surface area (Å²) in [5.41, 5.74) is 1.61. The zero-order valence-electron chi connectivity index (χ0n) is 10.6. The van der Waals surface area contributed by atoms with E-state index in [2.05, 4.69) is 15.6 Å². The number of hydrogen-bond acceptors (Lipinski definition) is 3. The number of carbonyl (C=O) groups is 1. The van der Waals surface area contributed by atoms with Crippen LogP contribution in [0, 0.1) is 0 Å². The first-order valence-electron chi connectivity index (χ1n) is 5.99. The van der Waals surface area contributed by atoms with Crippen molar-refractivity contribution in [2.75, 3.05) is 11.9 Å². The van der Waals surface area contributed by atoms with E-state index in [1.165, 1.54) is 0 Å². The first-order chi connectivity index (χ1) is 9.65. The molecule has 0 aliphatic heterocycles. The lowest BCUT2D eigenvalue weighted by Crippen LogP contribution is -2.27. The van der Waals surface area contributed by atoms with E-state index in [0.717, 1.165) is 5.56 Å². The van der Waals surface area contributed by atoms with Crippen molar-refractivity contribution in [2.24, 2.45) is 0 Å². The van der Waals surface area contributed by atoms with Gasteiger partial charge >= 0.3 is 0 Å². The molecule has 0 spiro atoms. The van der Waals surface area contributed by atoms with Gasteiger partial charge in [-0.15, -0.1) is 0 Å². The second-order valence-electron chi connectivity index (χ2n) is 4.13. The predicted molar refractivity (Wildman–Crippen MR) is 81.0 cm³/mol. The Balaban J connectivity index is 1.81. The molecule has 20 heavy (non-hydrogen) atoms. The summed E-state index contributed by atoms with van der Waals surface area (Å²) in [6.45, 7) is 0.797. The van der Waals surface area contributed by atoms with Crippen LogP contribution in [0.1, 0.15) is 5.56 Å². The van der Waals surface area contributed by atoms with Crippen molar-refractivity contribution in [1.29, 1.82) is 0 Å². The molecule has 2 rings (SSSR count).